The topological polar surface area (TPSA) is 83.4 Å². The number of hydrogen-bond donors (Lipinski definition) is 0. The Hall–Kier alpha value is -3.01. The Balaban J connectivity index is 2.26. The summed E-state index contributed by atoms with van der Waals surface area (Å²) in [4.78, 5) is 35.8. The standard InChI is InChI=1S/C17H12ClF3N2O5/c1-8(24)27-7-9-5-10-11(18)3-4-12(15(10)28-9)23-14(25)6-13(17(19,20)21)22(2)16(23)26/h3-6H,7H2,1-2H3. The third kappa shape index (κ3) is 3.42. The average molecular weight is 417 g/mol. The number of carbonyl (C=O) groups is 1. The van der Waals surface area contributed by atoms with Crippen molar-refractivity contribution < 1.29 is 27.1 Å². The Labute approximate surface area is 159 Å². The maximum Gasteiger partial charge on any atom is 0.431 e. The van der Waals surface area contributed by atoms with Gasteiger partial charge in [-0.2, -0.15) is 13.2 Å². The smallest absolute Gasteiger partial charge is 0.431 e. The monoisotopic (exact) mass is 416 g/mol. The number of benzene rings is 1. The van der Waals surface area contributed by atoms with Crippen LogP contribution >= 0.6 is 11.6 Å². The van der Waals surface area contributed by atoms with Gasteiger partial charge in [0.05, 0.1) is 10.7 Å². The number of esters is 1. The lowest BCUT2D eigenvalue weighted by Gasteiger charge is -2.14. The molecule has 0 atom stereocenters. The molecule has 0 aliphatic heterocycles. The summed E-state index contributed by atoms with van der Waals surface area (Å²) in [6, 6.07) is 4.42. The number of aromatic nitrogens is 2. The summed E-state index contributed by atoms with van der Waals surface area (Å²) in [5.41, 5.74) is -3.86. The highest BCUT2D eigenvalue weighted by molar-refractivity contribution is 6.35. The minimum Gasteiger partial charge on any atom is -0.458 e. The summed E-state index contributed by atoms with van der Waals surface area (Å²) in [5.74, 6) is -0.379. The Morgan fingerprint density at radius 3 is 2.54 bits per heavy atom. The summed E-state index contributed by atoms with van der Waals surface area (Å²) in [6.45, 7) is 0.978. The first-order valence-corrected chi connectivity index (χ1v) is 8.13. The molecule has 2 heterocycles. The molecule has 3 rings (SSSR count). The molecule has 0 unspecified atom stereocenters. The zero-order chi connectivity index (χ0) is 20.8. The molecule has 11 heteroatoms. The van der Waals surface area contributed by atoms with Crippen molar-refractivity contribution in [3.05, 3.63) is 61.6 Å². The second kappa shape index (κ2) is 6.86. The van der Waals surface area contributed by atoms with E-state index in [-0.39, 0.29) is 28.7 Å². The molecule has 0 radical (unpaired) electrons. The predicted octanol–water partition coefficient (Wildman–Crippen LogP) is 3.02. The minimum absolute atomic E-state index is 0.00592. The lowest BCUT2D eigenvalue weighted by atomic mass is 10.2. The minimum atomic E-state index is -4.87. The van der Waals surface area contributed by atoms with Crippen molar-refractivity contribution in [2.24, 2.45) is 7.05 Å². The first-order valence-electron chi connectivity index (χ1n) is 7.75. The van der Waals surface area contributed by atoms with Gasteiger partial charge in [-0.05, 0) is 18.2 Å². The second-order valence-electron chi connectivity index (χ2n) is 5.84. The number of furan rings is 1. The van der Waals surface area contributed by atoms with Gasteiger partial charge in [0, 0.05) is 25.4 Å². The molecule has 7 nitrogen and oxygen atoms in total. The largest absolute Gasteiger partial charge is 0.458 e. The molecule has 0 aliphatic rings. The van der Waals surface area contributed by atoms with Crippen LogP contribution in [0.4, 0.5) is 13.2 Å². The van der Waals surface area contributed by atoms with E-state index in [0.29, 0.717) is 20.6 Å². The molecule has 2 aromatic heterocycles. The van der Waals surface area contributed by atoms with Gasteiger partial charge in [0.15, 0.2) is 5.58 Å². The van der Waals surface area contributed by atoms with Gasteiger partial charge < -0.3 is 9.15 Å². The van der Waals surface area contributed by atoms with E-state index in [2.05, 4.69) is 0 Å². The van der Waals surface area contributed by atoms with Crippen LogP contribution in [0.2, 0.25) is 5.02 Å². The van der Waals surface area contributed by atoms with Gasteiger partial charge in [0.1, 0.15) is 18.1 Å². The SMILES string of the molecule is CC(=O)OCc1cc2c(Cl)ccc(-n3c(=O)cc(C(F)(F)F)n(C)c3=O)c2o1. The highest BCUT2D eigenvalue weighted by Crippen LogP contribution is 2.32. The number of fused-ring (bicyclic) bond motifs is 1. The fourth-order valence-electron chi connectivity index (χ4n) is 2.67. The van der Waals surface area contributed by atoms with Gasteiger partial charge in [0.2, 0.25) is 0 Å². The molecule has 0 spiro atoms. The van der Waals surface area contributed by atoms with E-state index in [1.807, 2.05) is 0 Å². The number of rotatable bonds is 3. The number of alkyl halides is 3. The van der Waals surface area contributed by atoms with Crippen LogP contribution in [0, 0.1) is 0 Å². The van der Waals surface area contributed by atoms with Crippen molar-refractivity contribution in [3.8, 4) is 5.69 Å². The molecular formula is C17H12ClF3N2O5. The van der Waals surface area contributed by atoms with E-state index >= 15 is 0 Å². The molecule has 28 heavy (non-hydrogen) atoms. The van der Waals surface area contributed by atoms with Crippen LogP contribution in [0.5, 0.6) is 0 Å². The number of carbonyl (C=O) groups excluding carboxylic acids is 1. The number of halogens is 4. The van der Waals surface area contributed by atoms with Gasteiger partial charge in [0.25, 0.3) is 5.56 Å². The Morgan fingerprint density at radius 2 is 1.93 bits per heavy atom. The average Bonchev–Trinajstić information content (AvgIpc) is 3.02. The number of ether oxygens (including phenoxy) is 1. The molecule has 0 saturated carbocycles. The van der Waals surface area contributed by atoms with Gasteiger partial charge in [-0.3, -0.25) is 14.2 Å². The zero-order valence-corrected chi connectivity index (χ0v) is 15.2. The molecule has 0 fully saturated rings. The highest BCUT2D eigenvalue weighted by atomic mass is 35.5. The van der Waals surface area contributed by atoms with Crippen molar-refractivity contribution >= 4 is 28.5 Å². The van der Waals surface area contributed by atoms with E-state index < -0.39 is 29.1 Å². The fraction of sp³-hybridized carbons (Fsp3) is 0.235. The zero-order valence-electron chi connectivity index (χ0n) is 14.5. The van der Waals surface area contributed by atoms with E-state index in [4.69, 9.17) is 20.8 Å². The lowest BCUT2D eigenvalue weighted by Crippen LogP contribution is -2.40. The van der Waals surface area contributed by atoms with E-state index in [9.17, 15) is 27.6 Å². The highest BCUT2D eigenvalue weighted by Gasteiger charge is 2.35. The molecule has 3 aromatic rings. The summed E-state index contributed by atoms with van der Waals surface area (Å²) < 4.78 is 50.3. The first kappa shape index (κ1) is 19.7. The van der Waals surface area contributed by atoms with Crippen LogP contribution in [0.25, 0.3) is 16.7 Å². The molecule has 0 amide bonds. The van der Waals surface area contributed by atoms with Crippen molar-refractivity contribution in [2.75, 3.05) is 0 Å². The quantitative estimate of drug-likeness (QED) is 0.613. The lowest BCUT2D eigenvalue weighted by molar-refractivity contribution is -0.144. The molecule has 0 N–H and O–H groups in total. The maximum atomic E-state index is 13.0. The van der Waals surface area contributed by atoms with E-state index in [0.717, 1.165) is 7.05 Å². The number of nitrogens with zero attached hydrogens (tertiary/aromatic N) is 2. The predicted molar refractivity (Wildman–Crippen MR) is 92.5 cm³/mol. The van der Waals surface area contributed by atoms with Crippen molar-refractivity contribution in [2.45, 2.75) is 19.7 Å². The number of hydrogen-bond acceptors (Lipinski definition) is 5. The van der Waals surface area contributed by atoms with Crippen molar-refractivity contribution in [3.63, 3.8) is 0 Å². The molecule has 1 aromatic carbocycles. The van der Waals surface area contributed by atoms with E-state index in [1.165, 1.54) is 25.1 Å². The molecule has 0 bridgehead atoms. The third-order valence-electron chi connectivity index (χ3n) is 3.93. The molecule has 148 valence electrons. The second-order valence-corrected chi connectivity index (χ2v) is 6.25. The van der Waals surface area contributed by atoms with Crippen LogP contribution in [0.3, 0.4) is 0 Å². The van der Waals surface area contributed by atoms with Gasteiger partial charge >= 0.3 is 17.8 Å². The van der Waals surface area contributed by atoms with Gasteiger partial charge in [-0.25, -0.2) is 9.36 Å². The Bertz CT molecular complexity index is 1210. The van der Waals surface area contributed by atoms with Gasteiger partial charge in [-0.1, -0.05) is 11.6 Å². The Morgan fingerprint density at radius 1 is 1.25 bits per heavy atom. The van der Waals surface area contributed by atoms with Crippen LogP contribution in [0.15, 0.2) is 38.3 Å². The van der Waals surface area contributed by atoms with Gasteiger partial charge in [-0.15, -0.1) is 0 Å². The van der Waals surface area contributed by atoms with Crippen LogP contribution in [-0.2, 0) is 29.4 Å². The third-order valence-corrected chi connectivity index (χ3v) is 4.26. The summed E-state index contributed by atoms with van der Waals surface area (Å²) in [6.07, 6.45) is -4.87. The molecular weight excluding hydrogens is 405 g/mol. The normalized spacial score (nSPS) is 11.8. The van der Waals surface area contributed by atoms with Crippen LogP contribution in [0.1, 0.15) is 18.4 Å². The molecule has 0 saturated heterocycles. The van der Waals surface area contributed by atoms with E-state index in [1.54, 1.807) is 0 Å². The van der Waals surface area contributed by atoms with Crippen molar-refractivity contribution in [1.82, 2.24) is 9.13 Å². The summed E-state index contributed by atoms with van der Waals surface area (Å²) >= 11 is 6.10. The summed E-state index contributed by atoms with van der Waals surface area (Å²) in [7, 11) is 0.905. The van der Waals surface area contributed by atoms with Crippen LogP contribution < -0.4 is 11.2 Å². The van der Waals surface area contributed by atoms with Crippen molar-refractivity contribution in [1.29, 1.82) is 0 Å². The first-order chi connectivity index (χ1) is 13.0. The summed E-state index contributed by atoms with van der Waals surface area (Å²) in [5, 5.41) is 0.517. The fourth-order valence-corrected chi connectivity index (χ4v) is 2.87. The molecule has 0 aliphatic carbocycles. The maximum absolute atomic E-state index is 13.0. The van der Waals surface area contributed by atoms with Crippen LogP contribution in [-0.4, -0.2) is 15.1 Å². The Kier molecular flexibility index (Phi) is 4.84.